The first-order valence-corrected chi connectivity index (χ1v) is 8.18. The van der Waals surface area contributed by atoms with Crippen LogP contribution in [0, 0.1) is 11.8 Å². The Kier molecular flexibility index (Phi) is 7.06. The summed E-state index contributed by atoms with van der Waals surface area (Å²) in [5.41, 5.74) is -0.483. The van der Waals surface area contributed by atoms with Crippen molar-refractivity contribution < 1.29 is 9.53 Å². The van der Waals surface area contributed by atoms with E-state index in [2.05, 4.69) is 20.8 Å². The van der Waals surface area contributed by atoms with Gasteiger partial charge in [0, 0.05) is 13.5 Å². The molecule has 1 saturated carbocycles. The van der Waals surface area contributed by atoms with Crippen molar-refractivity contribution in [3.05, 3.63) is 0 Å². The van der Waals surface area contributed by atoms with Gasteiger partial charge < -0.3 is 4.74 Å². The van der Waals surface area contributed by atoms with Crippen LogP contribution in [0.5, 0.6) is 0 Å². The summed E-state index contributed by atoms with van der Waals surface area (Å²) >= 11 is 0. The van der Waals surface area contributed by atoms with Crippen molar-refractivity contribution in [2.45, 2.75) is 84.2 Å². The number of ether oxygens (including phenoxy) is 1. The summed E-state index contributed by atoms with van der Waals surface area (Å²) in [6, 6.07) is 0. The van der Waals surface area contributed by atoms with Gasteiger partial charge in [0.05, 0.1) is 0 Å². The molecule has 0 aliphatic heterocycles. The highest BCUT2D eigenvalue weighted by atomic mass is 16.5. The largest absolute Gasteiger partial charge is 0.370 e. The third-order valence-corrected chi connectivity index (χ3v) is 5.03. The van der Waals surface area contributed by atoms with Crippen molar-refractivity contribution in [1.29, 1.82) is 0 Å². The summed E-state index contributed by atoms with van der Waals surface area (Å²) in [5.74, 6) is 1.10. The van der Waals surface area contributed by atoms with Crippen LogP contribution < -0.4 is 0 Å². The Morgan fingerprint density at radius 1 is 1.05 bits per heavy atom. The molecule has 112 valence electrons. The molecule has 1 aliphatic rings. The minimum Gasteiger partial charge on any atom is -0.370 e. The monoisotopic (exact) mass is 268 g/mol. The smallest absolute Gasteiger partial charge is 0.165 e. The Balaban J connectivity index is 2.38. The zero-order chi connectivity index (χ0) is 14.3. The molecule has 1 rings (SSSR count). The second kappa shape index (κ2) is 8.04. The summed E-state index contributed by atoms with van der Waals surface area (Å²) < 4.78 is 5.73. The van der Waals surface area contributed by atoms with Gasteiger partial charge in [0.1, 0.15) is 5.60 Å². The second-order valence-electron chi connectivity index (χ2n) is 6.32. The van der Waals surface area contributed by atoms with E-state index in [1.807, 2.05) is 0 Å². The average Bonchev–Trinajstić information content (AvgIpc) is 2.70. The lowest BCUT2D eigenvalue weighted by Crippen LogP contribution is -2.47. The molecule has 2 atom stereocenters. The lowest BCUT2D eigenvalue weighted by Gasteiger charge is -2.35. The molecule has 0 radical (unpaired) electrons. The van der Waals surface area contributed by atoms with E-state index in [1.165, 1.54) is 32.1 Å². The highest BCUT2D eigenvalue weighted by molar-refractivity contribution is 5.88. The number of carbonyl (C=O) groups excluding carboxylic acids is 1. The fraction of sp³-hybridized carbons (Fsp3) is 0.941. The van der Waals surface area contributed by atoms with E-state index in [0.29, 0.717) is 24.0 Å². The number of carbonyl (C=O) groups is 1. The maximum atomic E-state index is 12.6. The van der Waals surface area contributed by atoms with Crippen molar-refractivity contribution in [1.82, 2.24) is 0 Å². The second-order valence-corrected chi connectivity index (χ2v) is 6.32. The predicted octanol–water partition coefficient (Wildman–Crippen LogP) is 4.76. The lowest BCUT2D eigenvalue weighted by molar-refractivity contribution is -0.150. The summed E-state index contributed by atoms with van der Waals surface area (Å²) in [6.45, 7) is 6.58. The van der Waals surface area contributed by atoms with E-state index in [9.17, 15) is 4.79 Å². The van der Waals surface area contributed by atoms with Crippen molar-refractivity contribution in [3.63, 3.8) is 0 Å². The molecular formula is C17H32O2. The van der Waals surface area contributed by atoms with Crippen LogP contribution in [0.4, 0.5) is 0 Å². The topological polar surface area (TPSA) is 26.3 Å². The van der Waals surface area contributed by atoms with Crippen LogP contribution >= 0.6 is 0 Å². The number of methoxy groups -OCH3 is 1. The first-order chi connectivity index (χ1) is 9.09. The lowest BCUT2D eigenvalue weighted by atomic mass is 9.80. The SMILES string of the molecule is CCCCCCCCC(=O)C1(OC)C(C)CCC1C. The molecule has 0 saturated heterocycles. The first-order valence-electron chi connectivity index (χ1n) is 8.18. The highest BCUT2D eigenvalue weighted by Gasteiger charge is 2.51. The van der Waals surface area contributed by atoms with E-state index in [1.54, 1.807) is 7.11 Å². The Bertz CT molecular complexity index is 262. The predicted molar refractivity (Wildman–Crippen MR) is 80.3 cm³/mol. The molecule has 0 N–H and O–H groups in total. The number of ketones is 1. The summed E-state index contributed by atoms with van der Waals surface area (Å²) in [7, 11) is 1.72. The number of hydrogen-bond acceptors (Lipinski definition) is 2. The van der Waals surface area contributed by atoms with Crippen molar-refractivity contribution >= 4 is 5.78 Å². The molecule has 1 fully saturated rings. The maximum Gasteiger partial charge on any atom is 0.165 e. The molecule has 0 aromatic rings. The zero-order valence-corrected chi connectivity index (χ0v) is 13.3. The van der Waals surface area contributed by atoms with E-state index in [-0.39, 0.29) is 0 Å². The molecule has 0 spiro atoms. The van der Waals surface area contributed by atoms with Gasteiger partial charge in [-0.15, -0.1) is 0 Å². The average molecular weight is 268 g/mol. The Morgan fingerprint density at radius 2 is 1.58 bits per heavy atom. The molecule has 19 heavy (non-hydrogen) atoms. The number of hydrogen-bond donors (Lipinski definition) is 0. The molecule has 0 aromatic carbocycles. The molecule has 0 amide bonds. The molecule has 2 heteroatoms. The van der Waals surface area contributed by atoms with Crippen LogP contribution in [0.15, 0.2) is 0 Å². The van der Waals surface area contributed by atoms with E-state index < -0.39 is 5.60 Å². The fourth-order valence-electron chi connectivity index (χ4n) is 3.74. The van der Waals surface area contributed by atoms with E-state index >= 15 is 0 Å². The Labute approximate surface area is 119 Å². The normalized spacial score (nSPS) is 30.7. The van der Waals surface area contributed by atoms with Gasteiger partial charge in [-0.1, -0.05) is 52.9 Å². The van der Waals surface area contributed by atoms with Gasteiger partial charge >= 0.3 is 0 Å². The van der Waals surface area contributed by atoms with Gasteiger partial charge in [0.25, 0.3) is 0 Å². The number of unbranched alkanes of at least 4 members (excludes halogenated alkanes) is 5. The molecule has 0 aromatic heterocycles. The third-order valence-electron chi connectivity index (χ3n) is 5.03. The van der Waals surface area contributed by atoms with Crippen LogP contribution in [-0.2, 0) is 9.53 Å². The van der Waals surface area contributed by atoms with Gasteiger partial charge in [-0.25, -0.2) is 0 Å². The van der Waals surface area contributed by atoms with Crippen LogP contribution in [0.2, 0.25) is 0 Å². The van der Waals surface area contributed by atoms with Crippen molar-refractivity contribution in [3.8, 4) is 0 Å². The highest BCUT2D eigenvalue weighted by Crippen LogP contribution is 2.44. The minimum absolute atomic E-state index is 0.350. The standard InChI is InChI=1S/C17H32O2/c1-5-6-7-8-9-10-11-16(18)17(19-4)14(2)12-13-15(17)3/h14-15H,5-13H2,1-4H3. The Hall–Kier alpha value is -0.370. The van der Waals surface area contributed by atoms with Gasteiger partial charge in [0.15, 0.2) is 5.78 Å². The van der Waals surface area contributed by atoms with Gasteiger partial charge in [0.2, 0.25) is 0 Å². The minimum atomic E-state index is -0.483. The van der Waals surface area contributed by atoms with Gasteiger partial charge in [-0.3, -0.25) is 4.79 Å². The molecule has 2 unspecified atom stereocenters. The van der Waals surface area contributed by atoms with Crippen LogP contribution in [0.25, 0.3) is 0 Å². The molecular weight excluding hydrogens is 236 g/mol. The van der Waals surface area contributed by atoms with Crippen LogP contribution in [0.3, 0.4) is 0 Å². The summed E-state index contributed by atoms with van der Waals surface area (Å²) in [5, 5.41) is 0. The first kappa shape index (κ1) is 16.7. The molecule has 2 nitrogen and oxygen atoms in total. The van der Waals surface area contributed by atoms with E-state index in [4.69, 9.17) is 4.74 Å². The fourth-order valence-corrected chi connectivity index (χ4v) is 3.74. The molecule has 1 aliphatic carbocycles. The van der Waals surface area contributed by atoms with Crippen molar-refractivity contribution in [2.75, 3.05) is 7.11 Å². The molecule has 0 heterocycles. The third kappa shape index (κ3) is 3.81. The van der Waals surface area contributed by atoms with Crippen LogP contribution in [-0.4, -0.2) is 18.5 Å². The zero-order valence-electron chi connectivity index (χ0n) is 13.3. The number of rotatable bonds is 9. The quantitative estimate of drug-likeness (QED) is 0.564. The van der Waals surface area contributed by atoms with Crippen molar-refractivity contribution in [2.24, 2.45) is 11.8 Å². The van der Waals surface area contributed by atoms with E-state index in [0.717, 1.165) is 19.3 Å². The summed E-state index contributed by atoms with van der Waals surface area (Å²) in [6.07, 6.45) is 10.4. The Morgan fingerprint density at radius 3 is 2.11 bits per heavy atom. The summed E-state index contributed by atoms with van der Waals surface area (Å²) in [4.78, 5) is 12.6. The maximum absolute atomic E-state index is 12.6. The van der Waals surface area contributed by atoms with Gasteiger partial charge in [-0.2, -0.15) is 0 Å². The molecule has 0 bridgehead atoms. The number of Topliss-reactive ketones (excluding diaryl/α,β-unsaturated/α-hetero) is 1. The van der Waals surface area contributed by atoms with Gasteiger partial charge in [-0.05, 0) is 31.1 Å². The van der Waals surface area contributed by atoms with Crippen LogP contribution in [0.1, 0.15) is 78.6 Å².